The molecule has 0 unspecified atom stereocenters. The molecule has 5 heteroatoms. The average molecular weight is 309 g/mol. The second kappa shape index (κ2) is 11.9. The summed E-state index contributed by atoms with van der Waals surface area (Å²) in [5, 5.41) is 8.30. The predicted octanol–water partition coefficient (Wildman–Crippen LogP) is 2.99. The minimum atomic E-state index is -0.771. The van der Waals surface area contributed by atoms with Gasteiger partial charge in [0, 0.05) is 19.4 Å². The highest BCUT2D eigenvalue weighted by Gasteiger charge is 2.09. The number of hydrogen-bond donors (Lipinski definition) is 2. The second-order valence-electron chi connectivity index (χ2n) is 5.80. The Morgan fingerprint density at radius 1 is 1.27 bits per heavy atom. The Morgan fingerprint density at radius 2 is 1.91 bits per heavy atom. The monoisotopic (exact) mass is 309 g/mol. The number of hydrogen-bond acceptors (Lipinski definition) is 4. The van der Waals surface area contributed by atoms with E-state index in [-0.39, 0.29) is 12.0 Å². The summed E-state index contributed by atoms with van der Waals surface area (Å²) in [4.78, 5) is 25.2. The number of carbonyl (C=O) groups excluding carboxylic acids is 1. The summed E-state index contributed by atoms with van der Waals surface area (Å²) >= 11 is 0. The summed E-state index contributed by atoms with van der Waals surface area (Å²) in [6.07, 6.45) is 3.22. The van der Waals surface area contributed by atoms with Crippen molar-refractivity contribution < 1.29 is 19.5 Å². The second-order valence-corrected chi connectivity index (χ2v) is 5.80. The van der Waals surface area contributed by atoms with Crippen molar-refractivity contribution in [3.8, 4) is 0 Å². The van der Waals surface area contributed by atoms with Gasteiger partial charge in [0.2, 0.25) is 0 Å². The predicted molar refractivity (Wildman–Crippen MR) is 86.5 cm³/mol. The fourth-order valence-electron chi connectivity index (χ4n) is 1.45. The molecule has 0 aliphatic heterocycles. The van der Waals surface area contributed by atoms with Crippen LogP contribution in [-0.4, -0.2) is 29.5 Å². The molecule has 0 aromatic heterocycles. The highest BCUT2D eigenvalue weighted by atomic mass is 16.7. The SMILES string of the molecule is CC(C)(C)ONCCCC(=O)O.O=CCCc1ccccc1. The molecule has 0 spiro atoms. The van der Waals surface area contributed by atoms with Crippen LogP contribution in [0.5, 0.6) is 0 Å². The molecule has 1 rings (SSSR count). The smallest absolute Gasteiger partial charge is 0.303 e. The van der Waals surface area contributed by atoms with Gasteiger partial charge in [-0.2, -0.15) is 0 Å². The maximum Gasteiger partial charge on any atom is 0.303 e. The van der Waals surface area contributed by atoms with Crippen LogP contribution in [0, 0.1) is 0 Å². The quantitative estimate of drug-likeness (QED) is 0.438. The molecular formula is C17H27NO4. The molecule has 22 heavy (non-hydrogen) atoms. The highest BCUT2D eigenvalue weighted by Crippen LogP contribution is 2.03. The lowest BCUT2D eigenvalue weighted by Crippen LogP contribution is -2.29. The van der Waals surface area contributed by atoms with E-state index in [1.54, 1.807) is 0 Å². The zero-order valence-electron chi connectivity index (χ0n) is 13.7. The summed E-state index contributed by atoms with van der Waals surface area (Å²) in [7, 11) is 0. The maximum atomic E-state index is 10.1. The zero-order chi connectivity index (χ0) is 16.8. The summed E-state index contributed by atoms with van der Waals surface area (Å²) in [5.74, 6) is -0.771. The van der Waals surface area contributed by atoms with E-state index in [9.17, 15) is 9.59 Å². The van der Waals surface area contributed by atoms with Gasteiger partial charge in [0.15, 0.2) is 0 Å². The molecule has 0 aliphatic rings. The highest BCUT2D eigenvalue weighted by molar-refractivity contribution is 5.66. The lowest BCUT2D eigenvalue weighted by atomic mass is 10.1. The van der Waals surface area contributed by atoms with Gasteiger partial charge in [-0.05, 0) is 39.2 Å². The molecule has 0 amide bonds. The largest absolute Gasteiger partial charge is 0.481 e. The lowest BCUT2D eigenvalue weighted by Gasteiger charge is -2.18. The van der Waals surface area contributed by atoms with Gasteiger partial charge < -0.3 is 9.90 Å². The summed E-state index contributed by atoms with van der Waals surface area (Å²) in [6, 6.07) is 10.0. The third-order valence-electron chi connectivity index (χ3n) is 2.44. The van der Waals surface area contributed by atoms with Crippen molar-refractivity contribution in [1.82, 2.24) is 5.48 Å². The first kappa shape index (κ1) is 20.3. The number of carboxylic acids is 1. The molecule has 0 radical (unpaired) electrons. The molecule has 1 aromatic carbocycles. The number of benzene rings is 1. The van der Waals surface area contributed by atoms with Gasteiger partial charge in [-0.25, -0.2) is 5.48 Å². The molecular weight excluding hydrogens is 282 g/mol. The molecule has 124 valence electrons. The number of rotatable bonds is 8. The van der Waals surface area contributed by atoms with Gasteiger partial charge >= 0.3 is 5.97 Å². The van der Waals surface area contributed by atoms with Crippen LogP contribution in [0.25, 0.3) is 0 Å². The first-order valence-corrected chi connectivity index (χ1v) is 7.45. The topological polar surface area (TPSA) is 75.6 Å². The third-order valence-corrected chi connectivity index (χ3v) is 2.44. The van der Waals surface area contributed by atoms with Crippen LogP contribution >= 0.6 is 0 Å². The normalized spacial score (nSPS) is 10.5. The first-order valence-electron chi connectivity index (χ1n) is 7.45. The van der Waals surface area contributed by atoms with Crippen LogP contribution in [0.3, 0.4) is 0 Å². The van der Waals surface area contributed by atoms with Crippen molar-refractivity contribution in [3.05, 3.63) is 35.9 Å². The minimum Gasteiger partial charge on any atom is -0.481 e. The Morgan fingerprint density at radius 3 is 2.41 bits per heavy atom. The summed E-state index contributed by atoms with van der Waals surface area (Å²) < 4.78 is 0. The van der Waals surface area contributed by atoms with Gasteiger partial charge in [-0.1, -0.05) is 30.3 Å². The standard InChI is InChI=1S/C9H10O.C8H17NO3/c10-8-4-7-9-5-2-1-3-6-9;1-8(2,3)12-9-6-4-5-7(10)11/h1-3,5-6,8H,4,7H2;9H,4-6H2,1-3H3,(H,10,11). The summed E-state index contributed by atoms with van der Waals surface area (Å²) in [5.41, 5.74) is 3.73. The lowest BCUT2D eigenvalue weighted by molar-refractivity contribution is -0.137. The Bertz CT molecular complexity index is 412. The van der Waals surface area contributed by atoms with Crippen LogP contribution in [0.2, 0.25) is 0 Å². The van der Waals surface area contributed by atoms with E-state index in [4.69, 9.17) is 9.94 Å². The molecule has 0 saturated carbocycles. The Balaban J connectivity index is 0.000000406. The molecule has 0 aliphatic carbocycles. The number of nitrogens with one attached hydrogen (secondary N) is 1. The number of carbonyl (C=O) groups is 2. The van der Waals surface area contributed by atoms with Crippen LogP contribution in [-0.2, 0) is 20.8 Å². The van der Waals surface area contributed by atoms with Crippen molar-refractivity contribution in [2.75, 3.05) is 6.54 Å². The molecule has 0 atom stereocenters. The third kappa shape index (κ3) is 14.7. The maximum absolute atomic E-state index is 10.1. The van der Waals surface area contributed by atoms with Crippen LogP contribution < -0.4 is 5.48 Å². The van der Waals surface area contributed by atoms with Crippen LogP contribution in [0.4, 0.5) is 0 Å². The van der Waals surface area contributed by atoms with E-state index < -0.39 is 5.97 Å². The molecule has 0 bridgehead atoms. The number of aldehydes is 1. The fraction of sp³-hybridized carbons (Fsp3) is 0.529. The first-order chi connectivity index (χ1) is 10.3. The van der Waals surface area contributed by atoms with Gasteiger partial charge in [-0.15, -0.1) is 0 Å². The van der Waals surface area contributed by atoms with Crippen molar-refractivity contribution in [2.45, 2.75) is 52.1 Å². The molecule has 0 fully saturated rings. The van der Waals surface area contributed by atoms with E-state index in [0.29, 0.717) is 19.4 Å². The van der Waals surface area contributed by atoms with E-state index >= 15 is 0 Å². The van der Waals surface area contributed by atoms with E-state index in [1.807, 2.05) is 51.1 Å². The van der Waals surface area contributed by atoms with Crippen molar-refractivity contribution in [1.29, 1.82) is 0 Å². The van der Waals surface area contributed by atoms with Crippen molar-refractivity contribution in [3.63, 3.8) is 0 Å². The van der Waals surface area contributed by atoms with E-state index in [2.05, 4.69) is 5.48 Å². The number of aliphatic carboxylic acids is 1. The van der Waals surface area contributed by atoms with Gasteiger partial charge in [0.25, 0.3) is 0 Å². The average Bonchev–Trinajstić information content (AvgIpc) is 2.45. The molecule has 1 aromatic rings. The van der Waals surface area contributed by atoms with Crippen LogP contribution in [0.15, 0.2) is 30.3 Å². The van der Waals surface area contributed by atoms with Gasteiger partial charge in [0.05, 0.1) is 5.60 Å². The Kier molecular flexibility index (Phi) is 11.0. The van der Waals surface area contributed by atoms with Crippen molar-refractivity contribution in [2.24, 2.45) is 0 Å². The van der Waals surface area contributed by atoms with E-state index in [0.717, 1.165) is 12.7 Å². The van der Waals surface area contributed by atoms with E-state index in [1.165, 1.54) is 5.56 Å². The van der Waals surface area contributed by atoms with Crippen LogP contribution in [0.1, 0.15) is 45.6 Å². The Labute approximate surface area is 132 Å². The Hall–Kier alpha value is -1.72. The number of carboxylic acid groups (broad SMARTS) is 1. The molecule has 0 heterocycles. The summed E-state index contributed by atoms with van der Waals surface area (Å²) in [6.45, 7) is 6.36. The fourth-order valence-corrected chi connectivity index (χ4v) is 1.45. The molecule has 0 saturated heterocycles. The zero-order valence-corrected chi connectivity index (χ0v) is 13.7. The minimum absolute atomic E-state index is 0.181. The van der Waals surface area contributed by atoms with Gasteiger partial charge in [0.1, 0.15) is 6.29 Å². The van der Waals surface area contributed by atoms with Crippen molar-refractivity contribution >= 4 is 12.3 Å². The molecule has 2 N–H and O–H groups in total. The molecule has 5 nitrogen and oxygen atoms in total. The number of hydroxylamine groups is 1. The number of aryl methyl sites for hydroxylation is 1. The van der Waals surface area contributed by atoms with Gasteiger partial charge in [-0.3, -0.25) is 9.63 Å².